The number of carbonyl (C=O) groups excluding carboxylic acids is 1. The molecule has 1 aliphatic heterocycles. The van der Waals surface area contributed by atoms with E-state index in [4.69, 9.17) is 9.47 Å². The van der Waals surface area contributed by atoms with Crippen molar-refractivity contribution < 1.29 is 22.7 Å². The Balaban J connectivity index is 1.32. The molecule has 1 amide bonds. The number of hydrogen-bond donors (Lipinski definition) is 1. The molecule has 3 aromatic carbocycles. The molecule has 0 fully saturated rings. The topological polar surface area (TPSA) is 129 Å². The van der Waals surface area contributed by atoms with Gasteiger partial charge >= 0.3 is 0 Å². The highest BCUT2D eigenvalue weighted by atomic mass is 32.2. The van der Waals surface area contributed by atoms with Crippen LogP contribution in [0.1, 0.15) is 11.1 Å². The van der Waals surface area contributed by atoms with Gasteiger partial charge < -0.3 is 14.8 Å². The van der Waals surface area contributed by atoms with Crippen LogP contribution in [0.2, 0.25) is 0 Å². The minimum absolute atomic E-state index is 0.0191. The maximum atomic E-state index is 13.9. The Hall–Kier alpha value is -3.94. The minimum atomic E-state index is -4.06. The summed E-state index contributed by atoms with van der Waals surface area (Å²) in [6, 6.07) is 20.6. The summed E-state index contributed by atoms with van der Waals surface area (Å²) >= 11 is 1.39. The van der Waals surface area contributed by atoms with Crippen LogP contribution >= 0.6 is 11.8 Å². The Kier molecular flexibility index (Phi) is 8.33. The van der Waals surface area contributed by atoms with Crippen molar-refractivity contribution in [3.8, 4) is 17.2 Å². The lowest BCUT2D eigenvalue weighted by atomic mass is 9.95. The quantitative estimate of drug-likeness (QED) is 0.222. The third kappa shape index (κ3) is 5.67. The van der Waals surface area contributed by atoms with Crippen molar-refractivity contribution in [3.05, 3.63) is 83.9 Å². The fourth-order valence-electron chi connectivity index (χ4n) is 4.52. The number of methoxy groups -OCH3 is 2. The molecule has 11 nitrogen and oxygen atoms in total. The fraction of sp³-hybridized carbons (Fsp3) is 0.259. The zero-order chi connectivity index (χ0) is 28.1. The number of nitrogens with one attached hydrogen (secondary N) is 1. The number of tetrazole rings is 1. The van der Waals surface area contributed by atoms with Gasteiger partial charge in [-0.15, -0.1) is 5.10 Å². The van der Waals surface area contributed by atoms with Crippen LogP contribution in [0.25, 0.3) is 5.69 Å². The minimum Gasteiger partial charge on any atom is -0.493 e. The van der Waals surface area contributed by atoms with Crippen LogP contribution in [0.4, 0.5) is 0 Å². The van der Waals surface area contributed by atoms with Crippen LogP contribution in [0, 0.1) is 0 Å². The normalized spacial score (nSPS) is 15.3. The molecule has 1 unspecified atom stereocenters. The number of para-hydroxylation sites is 1. The molecule has 1 aliphatic rings. The van der Waals surface area contributed by atoms with Gasteiger partial charge in [-0.1, -0.05) is 54.2 Å². The van der Waals surface area contributed by atoms with Crippen molar-refractivity contribution >= 4 is 27.7 Å². The molecule has 0 saturated carbocycles. The molecule has 0 aliphatic carbocycles. The van der Waals surface area contributed by atoms with Crippen LogP contribution in [0.5, 0.6) is 11.5 Å². The predicted octanol–water partition coefficient (Wildman–Crippen LogP) is 2.70. The lowest BCUT2D eigenvalue weighted by molar-refractivity contribution is -0.125. The van der Waals surface area contributed by atoms with Gasteiger partial charge in [0.1, 0.15) is 6.04 Å². The second-order valence-corrected chi connectivity index (χ2v) is 11.9. The largest absolute Gasteiger partial charge is 0.493 e. The molecule has 0 saturated heterocycles. The number of aromatic nitrogens is 4. The summed E-state index contributed by atoms with van der Waals surface area (Å²) in [6.07, 6.45) is 0.258. The number of ether oxygens (including phenoxy) is 2. The van der Waals surface area contributed by atoms with Crippen LogP contribution in [0.3, 0.4) is 0 Å². The predicted molar refractivity (Wildman–Crippen MR) is 149 cm³/mol. The lowest BCUT2D eigenvalue weighted by Crippen LogP contribution is -2.52. The summed E-state index contributed by atoms with van der Waals surface area (Å²) in [7, 11) is -1.13. The van der Waals surface area contributed by atoms with E-state index in [1.165, 1.54) is 42.4 Å². The fourth-order valence-corrected chi connectivity index (χ4v) is 6.85. The Morgan fingerprint density at radius 3 is 2.48 bits per heavy atom. The van der Waals surface area contributed by atoms with Gasteiger partial charge in [0.2, 0.25) is 21.1 Å². The molecule has 5 rings (SSSR count). The summed E-state index contributed by atoms with van der Waals surface area (Å²) in [6.45, 7) is 0.374. The molecule has 4 aromatic rings. The molecule has 0 radical (unpaired) electrons. The summed E-state index contributed by atoms with van der Waals surface area (Å²) in [5.74, 6) is 0.819. The van der Waals surface area contributed by atoms with Gasteiger partial charge in [-0.2, -0.15) is 8.99 Å². The summed E-state index contributed by atoms with van der Waals surface area (Å²) in [5, 5.41) is 15.4. The van der Waals surface area contributed by atoms with Gasteiger partial charge in [0.25, 0.3) is 0 Å². The Morgan fingerprint density at radius 1 is 1.00 bits per heavy atom. The number of sulfonamides is 1. The molecule has 1 N–H and O–H groups in total. The van der Waals surface area contributed by atoms with E-state index in [1.54, 1.807) is 10.7 Å². The Labute approximate surface area is 236 Å². The number of amides is 1. The van der Waals surface area contributed by atoms with E-state index in [2.05, 4.69) is 20.8 Å². The van der Waals surface area contributed by atoms with Crippen LogP contribution in [-0.4, -0.2) is 71.4 Å². The molecule has 208 valence electrons. The zero-order valence-corrected chi connectivity index (χ0v) is 23.6. The van der Waals surface area contributed by atoms with Gasteiger partial charge in [-0.05, 0) is 52.2 Å². The number of carbonyl (C=O) groups is 1. The average molecular weight is 581 g/mol. The molecular weight excluding hydrogens is 552 g/mol. The van der Waals surface area contributed by atoms with Gasteiger partial charge in [0.15, 0.2) is 11.5 Å². The highest BCUT2D eigenvalue weighted by Crippen LogP contribution is 2.34. The molecule has 13 heteroatoms. The van der Waals surface area contributed by atoms with Gasteiger partial charge in [0.05, 0.1) is 24.8 Å². The monoisotopic (exact) mass is 580 g/mol. The lowest BCUT2D eigenvalue weighted by Gasteiger charge is -2.35. The summed E-state index contributed by atoms with van der Waals surface area (Å²) < 4.78 is 41.2. The second-order valence-electron chi connectivity index (χ2n) is 8.90. The molecule has 1 aromatic heterocycles. The molecule has 40 heavy (non-hydrogen) atoms. The summed E-state index contributed by atoms with van der Waals surface area (Å²) in [4.78, 5) is 13.5. The first-order valence-electron chi connectivity index (χ1n) is 12.5. The number of fused-ring (bicyclic) bond motifs is 1. The standard InChI is InChI=1S/C27H28N6O5S2/c1-37-24-13-12-22(17-25(24)38-2)40(35,36)32-18-20-9-7-6-8-19(20)16-23(32)26(34)28-14-15-39-27-29-30-31-33(27)21-10-4-3-5-11-21/h3-13,17,23H,14-16,18H2,1-2H3,(H,28,34). The molecule has 2 heterocycles. The van der Waals surface area contributed by atoms with Crippen molar-refractivity contribution in [1.82, 2.24) is 29.8 Å². The Morgan fingerprint density at radius 2 is 1.73 bits per heavy atom. The van der Waals surface area contributed by atoms with Crippen LogP contribution < -0.4 is 14.8 Å². The highest BCUT2D eigenvalue weighted by Gasteiger charge is 2.39. The Bertz CT molecular complexity index is 1600. The summed E-state index contributed by atoms with van der Waals surface area (Å²) in [5.41, 5.74) is 2.63. The maximum absolute atomic E-state index is 13.9. The first-order chi connectivity index (χ1) is 19.4. The van der Waals surface area contributed by atoms with E-state index < -0.39 is 16.1 Å². The van der Waals surface area contributed by atoms with E-state index >= 15 is 0 Å². The van der Waals surface area contributed by atoms with Crippen molar-refractivity contribution in [1.29, 1.82) is 0 Å². The van der Waals surface area contributed by atoms with Gasteiger partial charge in [-0.3, -0.25) is 4.79 Å². The van der Waals surface area contributed by atoms with Crippen molar-refractivity contribution in [2.45, 2.75) is 29.1 Å². The van der Waals surface area contributed by atoms with E-state index in [0.717, 1.165) is 16.8 Å². The average Bonchev–Trinajstić information content (AvgIpc) is 3.47. The number of rotatable bonds is 10. The van der Waals surface area contributed by atoms with Crippen molar-refractivity contribution in [2.24, 2.45) is 0 Å². The third-order valence-corrected chi connectivity index (χ3v) is 9.32. The number of thioether (sulfide) groups is 1. The smallest absolute Gasteiger partial charge is 0.244 e. The van der Waals surface area contributed by atoms with E-state index in [-0.39, 0.29) is 29.5 Å². The van der Waals surface area contributed by atoms with Gasteiger partial charge in [-0.25, -0.2) is 8.42 Å². The highest BCUT2D eigenvalue weighted by molar-refractivity contribution is 7.99. The molecule has 1 atom stereocenters. The van der Waals surface area contributed by atoms with Crippen molar-refractivity contribution in [3.63, 3.8) is 0 Å². The van der Waals surface area contributed by atoms with Crippen LogP contribution in [0.15, 0.2) is 82.8 Å². The number of hydrogen-bond acceptors (Lipinski definition) is 9. The first-order valence-corrected chi connectivity index (χ1v) is 14.9. The van der Waals surface area contributed by atoms with E-state index in [1.807, 2.05) is 54.6 Å². The van der Waals surface area contributed by atoms with E-state index in [9.17, 15) is 13.2 Å². The molecular formula is C27H28N6O5S2. The SMILES string of the molecule is COc1ccc(S(=O)(=O)N2Cc3ccccc3CC2C(=O)NCCSc2nnnn2-c2ccccc2)cc1OC. The first kappa shape index (κ1) is 27.6. The third-order valence-electron chi connectivity index (χ3n) is 6.54. The molecule has 0 bridgehead atoms. The van der Waals surface area contributed by atoms with Crippen LogP contribution in [-0.2, 0) is 27.8 Å². The van der Waals surface area contributed by atoms with Crippen molar-refractivity contribution in [2.75, 3.05) is 26.5 Å². The zero-order valence-electron chi connectivity index (χ0n) is 21.9. The maximum Gasteiger partial charge on any atom is 0.244 e. The number of benzene rings is 3. The van der Waals surface area contributed by atoms with Gasteiger partial charge in [0, 0.05) is 24.9 Å². The van der Waals surface area contributed by atoms with E-state index in [0.29, 0.717) is 23.2 Å². The second kappa shape index (κ2) is 12.1. The number of nitrogens with zero attached hydrogens (tertiary/aromatic N) is 5. The molecule has 0 spiro atoms.